The van der Waals surface area contributed by atoms with Gasteiger partial charge < -0.3 is 15.6 Å². The predicted molar refractivity (Wildman–Crippen MR) is 55.6 cm³/mol. The summed E-state index contributed by atoms with van der Waals surface area (Å²) in [6.07, 6.45) is -3.88. The van der Waals surface area contributed by atoms with Gasteiger partial charge in [-0.25, -0.2) is 0 Å². The summed E-state index contributed by atoms with van der Waals surface area (Å²) in [6.45, 7) is 1.23. The lowest BCUT2D eigenvalue weighted by atomic mass is 9.97. The summed E-state index contributed by atoms with van der Waals surface area (Å²) in [5.41, 5.74) is 4.18. The minimum Gasteiger partial charge on any atom is -0.480 e. The second-order valence-corrected chi connectivity index (χ2v) is 4.16. The molecule has 0 radical (unpaired) electrons. The van der Waals surface area contributed by atoms with Crippen molar-refractivity contribution in [1.82, 2.24) is 0 Å². The molecule has 1 atom stereocenters. The van der Waals surface area contributed by atoms with E-state index in [1.807, 2.05) is 0 Å². The number of aliphatic carboxylic acids is 1. The molecule has 0 aromatic heterocycles. The normalized spacial score (nSPS) is 15.6. The molecule has 0 amide bonds. The van der Waals surface area contributed by atoms with E-state index < -0.39 is 24.1 Å². The minimum atomic E-state index is -4.20. The maximum Gasteiger partial charge on any atom is 0.391 e. The fourth-order valence-corrected chi connectivity index (χ4v) is 1.09. The number of hydrogen-bond donors (Lipinski definition) is 2. The van der Waals surface area contributed by atoms with Gasteiger partial charge in [-0.1, -0.05) is 0 Å². The van der Waals surface area contributed by atoms with Crippen LogP contribution in [0.4, 0.5) is 13.2 Å². The average molecular weight is 257 g/mol. The first kappa shape index (κ1) is 16.2. The number of alkyl halides is 3. The van der Waals surface area contributed by atoms with Crippen LogP contribution in [0.1, 0.15) is 32.6 Å². The highest BCUT2D eigenvalue weighted by Gasteiger charge is 2.27. The Morgan fingerprint density at radius 3 is 2.29 bits per heavy atom. The van der Waals surface area contributed by atoms with Crippen molar-refractivity contribution in [1.29, 1.82) is 0 Å². The molecule has 0 aliphatic carbocycles. The third-order valence-electron chi connectivity index (χ3n) is 2.25. The number of rotatable bonds is 8. The topological polar surface area (TPSA) is 72.5 Å². The van der Waals surface area contributed by atoms with Crippen molar-refractivity contribution in [3.63, 3.8) is 0 Å². The van der Waals surface area contributed by atoms with Crippen molar-refractivity contribution >= 4 is 5.97 Å². The summed E-state index contributed by atoms with van der Waals surface area (Å²) < 4.78 is 39.9. The first-order valence-electron chi connectivity index (χ1n) is 5.32. The van der Waals surface area contributed by atoms with Gasteiger partial charge in [0.2, 0.25) is 0 Å². The summed E-state index contributed by atoms with van der Waals surface area (Å²) in [6, 6.07) is 0. The van der Waals surface area contributed by atoms with E-state index in [-0.39, 0.29) is 19.6 Å². The Labute approximate surface area is 97.9 Å². The standard InChI is InChI=1S/C10H18F3NO3/c1-9(14,8(15)16)4-2-3-6-17-7-5-10(11,12)13/h2-7,14H2,1H3,(H,15,16). The zero-order valence-electron chi connectivity index (χ0n) is 9.72. The number of ether oxygens (including phenoxy) is 1. The Morgan fingerprint density at radius 1 is 1.24 bits per heavy atom. The SMILES string of the molecule is CC(N)(CCCCOCCC(F)(F)F)C(=O)O. The Hall–Kier alpha value is -0.820. The van der Waals surface area contributed by atoms with Gasteiger partial charge in [-0.05, 0) is 26.2 Å². The van der Waals surface area contributed by atoms with E-state index in [2.05, 4.69) is 0 Å². The summed E-state index contributed by atoms with van der Waals surface area (Å²) in [5, 5.41) is 8.69. The second kappa shape index (κ2) is 6.80. The lowest BCUT2D eigenvalue weighted by Gasteiger charge is -2.18. The number of hydrogen-bond acceptors (Lipinski definition) is 3. The molecule has 102 valence electrons. The monoisotopic (exact) mass is 257 g/mol. The van der Waals surface area contributed by atoms with E-state index in [1.54, 1.807) is 0 Å². The lowest BCUT2D eigenvalue weighted by Crippen LogP contribution is -2.44. The van der Waals surface area contributed by atoms with Crippen LogP contribution in [0.15, 0.2) is 0 Å². The van der Waals surface area contributed by atoms with E-state index in [9.17, 15) is 18.0 Å². The fraction of sp³-hybridized carbons (Fsp3) is 0.900. The number of carboxylic acids is 1. The van der Waals surface area contributed by atoms with Crippen LogP contribution < -0.4 is 5.73 Å². The van der Waals surface area contributed by atoms with Gasteiger partial charge in [0.1, 0.15) is 5.54 Å². The lowest BCUT2D eigenvalue weighted by molar-refractivity contribution is -0.146. The van der Waals surface area contributed by atoms with Crippen LogP contribution in [0.2, 0.25) is 0 Å². The van der Waals surface area contributed by atoms with Crippen molar-refractivity contribution < 1.29 is 27.8 Å². The van der Waals surface area contributed by atoms with Crippen molar-refractivity contribution in [3.05, 3.63) is 0 Å². The maximum atomic E-state index is 11.7. The summed E-state index contributed by atoms with van der Waals surface area (Å²) in [4.78, 5) is 10.6. The molecule has 0 saturated carbocycles. The molecule has 17 heavy (non-hydrogen) atoms. The zero-order chi connectivity index (χ0) is 13.5. The molecule has 0 heterocycles. The highest BCUT2D eigenvalue weighted by atomic mass is 19.4. The average Bonchev–Trinajstić information content (AvgIpc) is 2.14. The van der Waals surface area contributed by atoms with Crippen molar-refractivity contribution in [3.8, 4) is 0 Å². The quantitative estimate of drug-likeness (QED) is 0.652. The van der Waals surface area contributed by atoms with E-state index >= 15 is 0 Å². The van der Waals surface area contributed by atoms with Gasteiger partial charge >= 0.3 is 12.1 Å². The smallest absolute Gasteiger partial charge is 0.391 e. The zero-order valence-corrected chi connectivity index (χ0v) is 9.72. The molecule has 0 rings (SSSR count). The van der Waals surface area contributed by atoms with Gasteiger partial charge in [0, 0.05) is 6.61 Å². The molecule has 4 nitrogen and oxygen atoms in total. The van der Waals surface area contributed by atoms with E-state index in [4.69, 9.17) is 15.6 Å². The number of unbranched alkanes of at least 4 members (excludes halogenated alkanes) is 1. The van der Waals surface area contributed by atoms with Gasteiger partial charge in [-0.3, -0.25) is 4.79 Å². The molecule has 0 aromatic rings. The van der Waals surface area contributed by atoms with Crippen LogP contribution in [0, 0.1) is 0 Å². The molecule has 7 heteroatoms. The van der Waals surface area contributed by atoms with Gasteiger partial charge in [0.15, 0.2) is 0 Å². The largest absolute Gasteiger partial charge is 0.480 e. The number of nitrogens with two attached hydrogens (primary N) is 1. The molecule has 0 spiro atoms. The number of carboxylic acid groups (broad SMARTS) is 1. The molecule has 1 unspecified atom stereocenters. The van der Waals surface area contributed by atoms with Crippen LogP contribution >= 0.6 is 0 Å². The first-order chi connectivity index (χ1) is 7.65. The molecular weight excluding hydrogens is 239 g/mol. The molecular formula is C10H18F3NO3. The van der Waals surface area contributed by atoms with Crippen molar-refractivity contribution in [2.24, 2.45) is 5.73 Å². The maximum absolute atomic E-state index is 11.7. The third-order valence-corrected chi connectivity index (χ3v) is 2.25. The number of halogens is 3. The molecule has 3 N–H and O–H groups in total. The third kappa shape index (κ3) is 8.93. The second-order valence-electron chi connectivity index (χ2n) is 4.16. The molecule has 0 bridgehead atoms. The molecule has 0 fully saturated rings. The van der Waals surface area contributed by atoms with Gasteiger partial charge in [-0.15, -0.1) is 0 Å². The van der Waals surface area contributed by atoms with Gasteiger partial charge in [0.25, 0.3) is 0 Å². The highest BCUT2D eigenvalue weighted by Crippen LogP contribution is 2.19. The van der Waals surface area contributed by atoms with E-state index in [0.717, 1.165) is 0 Å². The fourth-order valence-electron chi connectivity index (χ4n) is 1.09. The van der Waals surface area contributed by atoms with Crippen LogP contribution in [0.5, 0.6) is 0 Å². The van der Waals surface area contributed by atoms with E-state index in [0.29, 0.717) is 12.8 Å². The van der Waals surface area contributed by atoms with E-state index in [1.165, 1.54) is 6.92 Å². The first-order valence-corrected chi connectivity index (χ1v) is 5.32. The van der Waals surface area contributed by atoms with Crippen LogP contribution in [-0.4, -0.2) is 36.0 Å². The van der Waals surface area contributed by atoms with Gasteiger partial charge in [-0.2, -0.15) is 13.2 Å². The summed E-state index contributed by atoms with van der Waals surface area (Å²) in [7, 11) is 0. The molecule has 0 aliphatic rings. The molecule has 0 aromatic carbocycles. The van der Waals surface area contributed by atoms with Crippen LogP contribution in [0.3, 0.4) is 0 Å². The Bertz CT molecular complexity index is 241. The molecule has 0 saturated heterocycles. The predicted octanol–water partition coefficient (Wildman–Crippen LogP) is 1.93. The number of carbonyl (C=O) groups is 1. The highest BCUT2D eigenvalue weighted by molar-refractivity contribution is 5.77. The Kier molecular flexibility index (Phi) is 6.48. The summed E-state index contributed by atoms with van der Waals surface area (Å²) in [5.74, 6) is -1.09. The minimum absolute atomic E-state index is 0.186. The molecule has 0 aliphatic heterocycles. The van der Waals surface area contributed by atoms with Gasteiger partial charge in [0.05, 0.1) is 13.0 Å². The van der Waals surface area contributed by atoms with Crippen molar-refractivity contribution in [2.75, 3.05) is 13.2 Å². The summed E-state index contributed by atoms with van der Waals surface area (Å²) >= 11 is 0. The Morgan fingerprint density at radius 2 is 1.82 bits per heavy atom. The van der Waals surface area contributed by atoms with Crippen LogP contribution in [0.25, 0.3) is 0 Å². The van der Waals surface area contributed by atoms with Crippen LogP contribution in [-0.2, 0) is 9.53 Å². The Balaban J connectivity index is 3.45. The van der Waals surface area contributed by atoms with Crippen molar-refractivity contribution in [2.45, 2.75) is 44.3 Å².